The lowest BCUT2D eigenvalue weighted by Crippen LogP contribution is -1.83. The first-order valence-corrected chi connectivity index (χ1v) is 7.04. The number of nitrogens with zero attached hydrogens (tertiary/aromatic N) is 1. The van der Waals surface area contributed by atoms with E-state index < -0.39 is 0 Å². The molecule has 0 aliphatic carbocycles. The summed E-state index contributed by atoms with van der Waals surface area (Å²) in [6.07, 6.45) is 3.94. The normalized spacial score (nSPS) is 11.2. The van der Waals surface area contributed by atoms with Crippen molar-refractivity contribution >= 4 is 39.0 Å². The fourth-order valence-electron chi connectivity index (χ4n) is 1.99. The second-order valence-electron chi connectivity index (χ2n) is 4.47. The van der Waals surface area contributed by atoms with Gasteiger partial charge in [-0.1, -0.05) is 52.3 Å². The number of hydrogen-bond donors (Lipinski definition) is 1. The Labute approximate surface area is 125 Å². The SMILES string of the molecule is Oc1cccc2ccc(C=Cc3ccc(Br)cc3)nc12. The molecule has 0 saturated heterocycles. The minimum Gasteiger partial charge on any atom is -0.506 e. The maximum atomic E-state index is 9.82. The summed E-state index contributed by atoms with van der Waals surface area (Å²) in [4.78, 5) is 4.46. The highest BCUT2D eigenvalue weighted by Gasteiger charge is 2.00. The molecule has 1 N–H and O–H groups in total. The molecule has 0 aliphatic heterocycles. The maximum absolute atomic E-state index is 9.82. The Balaban J connectivity index is 1.94. The number of aromatic nitrogens is 1. The summed E-state index contributed by atoms with van der Waals surface area (Å²) in [6, 6.07) is 17.4. The van der Waals surface area contributed by atoms with E-state index in [1.165, 1.54) is 0 Å². The standard InChI is InChI=1S/C17H12BrNO/c18-14-8-4-12(5-9-14)6-10-15-11-7-13-2-1-3-16(20)17(13)19-15/h1-11,20H. The van der Waals surface area contributed by atoms with E-state index in [9.17, 15) is 5.11 Å². The highest BCUT2D eigenvalue weighted by atomic mass is 79.9. The van der Waals surface area contributed by atoms with Gasteiger partial charge in [-0.2, -0.15) is 0 Å². The second-order valence-corrected chi connectivity index (χ2v) is 5.39. The number of halogens is 1. The maximum Gasteiger partial charge on any atom is 0.141 e. The Morgan fingerprint density at radius 2 is 1.70 bits per heavy atom. The molecule has 0 amide bonds. The summed E-state index contributed by atoms with van der Waals surface area (Å²) in [5.41, 5.74) is 2.56. The van der Waals surface area contributed by atoms with Crippen molar-refractivity contribution in [2.45, 2.75) is 0 Å². The van der Waals surface area contributed by atoms with Crippen molar-refractivity contribution in [2.75, 3.05) is 0 Å². The highest BCUT2D eigenvalue weighted by Crippen LogP contribution is 2.23. The summed E-state index contributed by atoms with van der Waals surface area (Å²) >= 11 is 3.41. The van der Waals surface area contributed by atoms with Gasteiger partial charge in [0.25, 0.3) is 0 Å². The van der Waals surface area contributed by atoms with Crippen LogP contribution >= 0.6 is 15.9 Å². The van der Waals surface area contributed by atoms with Gasteiger partial charge < -0.3 is 5.11 Å². The van der Waals surface area contributed by atoms with E-state index in [1.54, 1.807) is 6.07 Å². The lowest BCUT2D eigenvalue weighted by atomic mass is 10.1. The molecule has 2 aromatic carbocycles. The molecule has 3 aromatic rings. The molecule has 0 unspecified atom stereocenters. The van der Waals surface area contributed by atoms with E-state index in [1.807, 2.05) is 60.7 Å². The number of rotatable bonds is 2. The molecule has 2 nitrogen and oxygen atoms in total. The summed E-state index contributed by atoms with van der Waals surface area (Å²) in [7, 11) is 0. The molecular weight excluding hydrogens is 314 g/mol. The van der Waals surface area contributed by atoms with Crippen molar-refractivity contribution < 1.29 is 5.11 Å². The van der Waals surface area contributed by atoms with E-state index in [-0.39, 0.29) is 5.75 Å². The minimum absolute atomic E-state index is 0.210. The molecule has 0 radical (unpaired) electrons. The first-order chi connectivity index (χ1) is 9.72. The number of para-hydroxylation sites is 1. The first-order valence-electron chi connectivity index (χ1n) is 6.25. The van der Waals surface area contributed by atoms with Gasteiger partial charge in [0.05, 0.1) is 5.69 Å². The molecule has 98 valence electrons. The number of phenols is 1. The molecule has 0 fully saturated rings. The van der Waals surface area contributed by atoms with Crippen molar-refractivity contribution in [1.82, 2.24) is 4.98 Å². The van der Waals surface area contributed by atoms with Crippen LogP contribution in [0.15, 0.2) is 59.1 Å². The summed E-state index contributed by atoms with van der Waals surface area (Å²) in [6.45, 7) is 0. The van der Waals surface area contributed by atoms with Crippen molar-refractivity contribution in [3.63, 3.8) is 0 Å². The largest absolute Gasteiger partial charge is 0.506 e. The van der Waals surface area contributed by atoms with Crippen molar-refractivity contribution in [2.24, 2.45) is 0 Å². The van der Waals surface area contributed by atoms with Gasteiger partial charge >= 0.3 is 0 Å². The van der Waals surface area contributed by atoms with Crippen molar-refractivity contribution in [3.05, 3.63) is 70.3 Å². The van der Waals surface area contributed by atoms with Crippen LogP contribution in [0.3, 0.4) is 0 Å². The fourth-order valence-corrected chi connectivity index (χ4v) is 2.26. The Hall–Kier alpha value is -2.13. The van der Waals surface area contributed by atoms with E-state index in [4.69, 9.17) is 0 Å². The first kappa shape index (κ1) is 12.9. The van der Waals surface area contributed by atoms with E-state index in [2.05, 4.69) is 20.9 Å². The van der Waals surface area contributed by atoms with Crippen LogP contribution in [0.2, 0.25) is 0 Å². The predicted molar refractivity (Wildman–Crippen MR) is 86.5 cm³/mol. The zero-order chi connectivity index (χ0) is 13.9. The monoisotopic (exact) mass is 325 g/mol. The van der Waals surface area contributed by atoms with Crippen LogP contribution in [0.25, 0.3) is 23.1 Å². The molecule has 3 heteroatoms. The van der Waals surface area contributed by atoms with Crippen LogP contribution in [-0.4, -0.2) is 10.1 Å². The molecule has 0 atom stereocenters. The van der Waals surface area contributed by atoms with Crippen LogP contribution in [0.4, 0.5) is 0 Å². The van der Waals surface area contributed by atoms with Crippen LogP contribution in [-0.2, 0) is 0 Å². The van der Waals surface area contributed by atoms with Gasteiger partial charge in [0, 0.05) is 9.86 Å². The molecule has 0 saturated carbocycles. The summed E-state index contributed by atoms with van der Waals surface area (Å²) in [5.74, 6) is 0.210. The van der Waals surface area contributed by atoms with Gasteiger partial charge in [-0.05, 0) is 35.9 Å². The van der Waals surface area contributed by atoms with Crippen LogP contribution in [0.5, 0.6) is 5.75 Å². The average molecular weight is 326 g/mol. The Kier molecular flexibility index (Phi) is 3.52. The Bertz CT molecular complexity index is 779. The Morgan fingerprint density at radius 1 is 0.900 bits per heavy atom. The third-order valence-electron chi connectivity index (χ3n) is 3.04. The number of pyridine rings is 1. The molecule has 3 rings (SSSR count). The molecular formula is C17H12BrNO. The zero-order valence-electron chi connectivity index (χ0n) is 10.6. The minimum atomic E-state index is 0.210. The molecule has 1 aromatic heterocycles. The number of phenolic OH excluding ortho intramolecular Hbond substituents is 1. The van der Waals surface area contributed by atoms with Crippen LogP contribution in [0, 0.1) is 0 Å². The number of fused-ring (bicyclic) bond motifs is 1. The lowest BCUT2D eigenvalue weighted by Gasteiger charge is -2.01. The zero-order valence-corrected chi connectivity index (χ0v) is 12.2. The van der Waals surface area contributed by atoms with E-state index in [0.29, 0.717) is 5.52 Å². The second kappa shape index (κ2) is 5.47. The van der Waals surface area contributed by atoms with Crippen molar-refractivity contribution in [3.8, 4) is 5.75 Å². The third-order valence-corrected chi connectivity index (χ3v) is 3.57. The lowest BCUT2D eigenvalue weighted by molar-refractivity contribution is 0.480. The topological polar surface area (TPSA) is 33.1 Å². The number of hydrogen-bond acceptors (Lipinski definition) is 2. The third kappa shape index (κ3) is 2.73. The van der Waals surface area contributed by atoms with Gasteiger partial charge in [-0.25, -0.2) is 4.98 Å². The summed E-state index contributed by atoms with van der Waals surface area (Å²) in [5, 5.41) is 10.8. The quantitative estimate of drug-likeness (QED) is 0.728. The predicted octanol–water partition coefficient (Wildman–Crippen LogP) is 4.87. The van der Waals surface area contributed by atoms with Gasteiger partial charge in [-0.15, -0.1) is 0 Å². The van der Waals surface area contributed by atoms with Gasteiger partial charge in [0.1, 0.15) is 11.3 Å². The molecule has 0 aliphatic rings. The van der Waals surface area contributed by atoms with E-state index >= 15 is 0 Å². The average Bonchev–Trinajstić information content (AvgIpc) is 2.47. The molecule has 20 heavy (non-hydrogen) atoms. The molecule has 1 heterocycles. The number of benzene rings is 2. The Morgan fingerprint density at radius 3 is 2.50 bits per heavy atom. The fraction of sp³-hybridized carbons (Fsp3) is 0. The summed E-state index contributed by atoms with van der Waals surface area (Å²) < 4.78 is 1.06. The van der Waals surface area contributed by atoms with Gasteiger partial charge in [0.2, 0.25) is 0 Å². The van der Waals surface area contributed by atoms with Crippen LogP contribution < -0.4 is 0 Å². The number of aromatic hydroxyl groups is 1. The van der Waals surface area contributed by atoms with Gasteiger partial charge in [-0.3, -0.25) is 0 Å². The smallest absolute Gasteiger partial charge is 0.141 e. The van der Waals surface area contributed by atoms with Crippen LogP contribution in [0.1, 0.15) is 11.3 Å². The highest BCUT2D eigenvalue weighted by molar-refractivity contribution is 9.10. The molecule has 0 spiro atoms. The van der Waals surface area contributed by atoms with E-state index in [0.717, 1.165) is 21.1 Å². The molecule has 0 bridgehead atoms. The van der Waals surface area contributed by atoms with Crippen molar-refractivity contribution in [1.29, 1.82) is 0 Å². The van der Waals surface area contributed by atoms with Gasteiger partial charge in [0.15, 0.2) is 0 Å².